The highest BCUT2D eigenvalue weighted by Crippen LogP contribution is 2.57. The highest BCUT2D eigenvalue weighted by Gasteiger charge is 2.50. The van der Waals surface area contributed by atoms with Gasteiger partial charge in [-0.15, -0.1) is 0 Å². The molecule has 134 valence electrons. The second kappa shape index (κ2) is 6.64. The van der Waals surface area contributed by atoms with Gasteiger partial charge in [0.15, 0.2) is 0 Å². The molecule has 2 aliphatic carbocycles. The van der Waals surface area contributed by atoms with Gasteiger partial charge in [-0.1, -0.05) is 32.1 Å². The molecular weight excluding hydrogens is 302 g/mol. The van der Waals surface area contributed by atoms with Crippen LogP contribution in [0.1, 0.15) is 46.0 Å². The van der Waals surface area contributed by atoms with E-state index in [0.29, 0.717) is 29.4 Å². The van der Waals surface area contributed by atoms with Gasteiger partial charge in [-0.3, -0.25) is 0 Å². The summed E-state index contributed by atoms with van der Waals surface area (Å²) in [5, 5.41) is 13.4. The number of aliphatic hydroxyl groups is 1. The number of ether oxygens (including phenoxy) is 1. The van der Waals surface area contributed by atoms with E-state index < -0.39 is 6.10 Å². The summed E-state index contributed by atoms with van der Waals surface area (Å²) in [4.78, 5) is 11.8. The van der Waals surface area contributed by atoms with E-state index in [2.05, 4.69) is 32.8 Å². The van der Waals surface area contributed by atoms with E-state index in [1.165, 1.54) is 24.8 Å². The number of hydrogen-bond donors (Lipinski definition) is 2. The number of carbonyl (C=O) groups excluding carboxylic acids is 1. The molecular formula is C20H31NO3. The van der Waals surface area contributed by atoms with E-state index in [1.807, 2.05) is 6.08 Å². The number of allylic oxidation sites excluding steroid dienone is 2. The molecule has 1 heterocycles. The fourth-order valence-electron chi connectivity index (χ4n) is 5.57. The van der Waals surface area contributed by atoms with Crippen LogP contribution in [0, 0.1) is 23.2 Å². The molecule has 3 fully saturated rings. The summed E-state index contributed by atoms with van der Waals surface area (Å²) in [6.07, 6.45) is 6.59. The predicted octanol–water partition coefficient (Wildman–Crippen LogP) is 2.83. The number of esters is 1. The van der Waals surface area contributed by atoms with Gasteiger partial charge in [-0.05, 0) is 62.3 Å². The van der Waals surface area contributed by atoms with Gasteiger partial charge < -0.3 is 15.2 Å². The lowest BCUT2D eigenvalue weighted by Crippen LogP contribution is -2.52. The lowest BCUT2D eigenvalue weighted by atomic mass is 9.50. The number of carbonyl (C=O) groups is 1. The van der Waals surface area contributed by atoms with Crippen LogP contribution in [-0.2, 0) is 9.53 Å². The van der Waals surface area contributed by atoms with Crippen molar-refractivity contribution < 1.29 is 14.6 Å². The molecule has 3 aliphatic rings. The van der Waals surface area contributed by atoms with Crippen LogP contribution in [-0.4, -0.2) is 36.9 Å². The van der Waals surface area contributed by atoms with Gasteiger partial charge in [-0.25, -0.2) is 4.79 Å². The quantitative estimate of drug-likeness (QED) is 0.474. The minimum absolute atomic E-state index is 0.0943. The van der Waals surface area contributed by atoms with E-state index in [0.717, 1.165) is 12.8 Å². The summed E-state index contributed by atoms with van der Waals surface area (Å²) in [5.41, 5.74) is 1.97. The van der Waals surface area contributed by atoms with Crippen molar-refractivity contribution in [3.05, 3.63) is 23.8 Å². The standard InChI is InChI=1S/C20H31NO3/c1-12-5-7-16-13(2)17(21-4)9-10-20(16,3)15(12)8-6-14-18(22)11-24-19(14)23/h6,13,15-18,21-22H,1,5,7-11H2,2-4H3/b14-6+/t13-,15-,16-,17-,18-,20+/m1/s1. The molecule has 0 unspecified atom stereocenters. The molecule has 6 atom stereocenters. The maximum Gasteiger partial charge on any atom is 0.336 e. The first-order valence-electron chi connectivity index (χ1n) is 9.28. The molecule has 4 nitrogen and oxygen atoms in total. The minimum atomic E-state index is -0.767. The molecule has 0 radical (unpaired) electrons. The minimum Gasteiger partial charge on any atom is -0.459 e. The van der Waals surface area contributed by atoms with Crippen molar-refractivity contribution in [1.29, 1.82) is 0 Å². The van der Waals surface area contributed by atoms with Gasteiger partial charge in [-0.2, -0.15) is 0 Å². The Balaban J connectivity index is 1.82. The van der Waals surface area contributed by atoms with Crippen LogP contribution < -0.4 is 5.32 Å². The summed E-state index contributed by atoms with van der Waals surface area (Å²) < 4.78 is 4.93. The molecule has 1 aliphatic heterocycles. The van der Waals surface area contributed by atoms with E-state index >= 15 is 0 Å². The predicted molar refractivity (Wildman–Crippen MR) is 94.4 cm³/mol. The number of nitrogens with one attached hydrogen (secondary N) is 1. The maximum atomic E-state index is 11.8. The van der Waals surface area contributed by atoms with Crippen molar-refractivity contribution in [1.82, 2.24) is 5.32 Å². The number of hydrogen-bond acceptors (Lipinski definition) is 4. The van der Waals surface area contributed by atoms with Gasteiger partial charge in [0.2, 0.25) is 0 Å². The Morgan fingerprint density at radius 1 is 1.46 bits per heavy atom. The van der Waals surface area contributed by atoms with Crippen molar-refractivity contribution in [2.75, 3.05) is 13.7 Å². The van der Waals surface area contributed by atoms with Crippen molar-refractivity contribution in [3.63, 3.8) is 0 Å². The summed E-state index contributed by atoms with van der Waals surface area (Å²) in [7, 11) is 2.07. The summed E-state index contributed by atoms with van der Waals surface area (Å²) in [5.74, 6) is 1.35. The smallest absolute Gasteiger partial charge is 0.336 e. The fourth-order valence-corrected chi connectivity index (χ4v) is 5.57. The lowest BCUT2D eigenvalue weighted by Gasteiger charge is -2.56. The number of cyclic esters (lactones) is 1. The first kappa shape index (κ1) is 17.7. The zero-order valence-corrected chi connectivity index (χ0v) is 15.2. The maximum absolute atomic E-state index is 11.8. The van der Waals surface area contributed by atoms with E-state index in [9.17, 15) is 9.90 Å². The normalized spacial score (nSPS) is 44.5. The topological polar surface area (TPSA) is 58.6 Å². The van der Waals surface area contributed by atoms with Crippen LogP contribution in [0.3, 0.4) is 0 Å². The summed E-state index contributed by atoms with van der Waals surface area (Å²) in [6.45, 7) is 9.24. The monoisotopic (exact) mass is 333 g/mol. The van der Waals surface area contributed by atoms with Crippen molar-refractivity contribution in [2.24, 2.45) is 23.2 Å². The SMILES string of the molecule is C=C1CC[C@@H]2[C@@H](C)[C@H](NC)CC[C@@]2(C)[C@@H]1C/C=C1/C(=O)OC[C@H]1O. The molecule has 0 aromatic carbocycles. The lowest BCUT2D eigenvalue weighted by molar-refractivity contribution is -0.135. The molecule has 0 spiro atoms. The van der Waals surface area contributed by atoms with Crippen LogP contribution in [0.25, 0.3) is 0 Å². The molecule has 0 amide bonds. The second-order valence-electron chi connectivity index (χ2n) is 8.16. The Kier molecular flexibility index (Phi) is 4.89. The first-order chi connectivity index (χ1) is 11.4. The zero-order chi connectivity index (χ0) is 17.5. The van der Waals surface area contributed by atoms with Crippen molar-refractivity contribution in [2.45, 2.75) is 58.1 Å². The molecule has 4 heteroatoms. The highest BCUT2D eigenvalue weighted by atomic mass is 16.6. The number of rotatable bonds is 3. The van der Waals surface area contributed by atoms with E-state index in [4.69, 9.17) is 4.74 Å². The number of fused-ring (bicyclic) bond motifs is 1. The Morgan fingerprint density at radius 3 is 2.83 bits per heavy atom. The molecule has 24 heavy (non-hydrogen) atoms. The average molecular weight is 333 g/mol. The van der Waals surface area contributed by atoms with E-state index in [1.54, 1.807) is 0 Å². The zero-order valence-electron chi connectivity index (χ0n) is 15.2. The highest BCUT2D eigenvalue weighted by molar-refractivity contribution is 5.91. The second-order valence-corrected chi connectivity index (χ2v) is 8.16. The summed E-state index contributed by atoms with van der Waals surface area (Å²) in [6, 6.07) is 0.597. The molecule has 2 saturated carbocycles. The van der Waals surface area contributed by atoms with Gasteiger partial charge in [0.25, 0.3) is 0 Å². The molecule has 3 rings (SSSR count). The Morgan fingerprint density at radius 2 is 2.21 bits per heavy atom. The fraction of sp³-hybridized carbons (Fsp3) is 0.750. The van der Waals surface area contributed by atoms with E-state index in [-0.39, 0.29) is 18.0 Å². The van der Waals surface area contributed by atoms with Crippen molar-refractivity contribution >= 4 is 5.97 Å². The van der Waals surface area contributed by atoms with Gasteiger partial charge in [0.05, 0.1) is 5.57 Å². The first-order valence-corrected chi connectivity index (χ1v) is 9.28. The molecule has 1 saturated heterocycles. The Hall–Kier alpha value is -1.13. The molecule has 2 N–H and O–H groups in total. The van der Waals surface area contributed by atoms with Gasteiger partial charge in [0, 0.05) is 6.04 Å². The summed E-state index contributed by atoms with van der Waals surface area (Å²) >= 11 is 0. The number of aliphatic hydroxyl groups excluding tert-OH is 1. The Bertz CT molecular complexity index is 555. The van der Waals surface area contributed by atoms with Crippen LogP contribution >= 0.6 is 0 Å². The third kappa shape index (κ3) is 2.84. The molecule has 0 bridgehead atoms. The van der Waals surface area contributed by atoms with Gasteiger partial charge >= 0.3 is 5.97 Å². The van der Waals surface area contributed by atoms with Crippen LogP contribution in [0.2, 0.25) is 0 Å². The van der Waals surface area contributed by atoms with Gasteiger partial charge in [0.1, 0.15) is 12.7 Å². The Labute approximate surface area is 145 Å². The molecule has 0 aromatic rings. The van der Waals surface area contributed by atoms with Crippen LogP contribution in [0.4, 0.5) is 0 Å². The third-order valence-electron chi connectivity index (χ3n) is 7.09. The third-order valence-corrected chi connectivity index (χ3v) is 7.09. The van der Waals surface area contributed by atoms with Crippen molar-refractivity contribution in [3.8, 4) is 0 Å². The average Bonchev–Trinajstić information content (AvgIpc) is 2.86. The molecule has 0 aromatic heterocycles. The van der Waals surface area contributed by atoms with Crippen LogP contribution in [0.15, 0.2) is 23.8 Å². The van der Waals surface area contributed by atoms with Crippen LogP contribution in [0.5, 0.6) is 0 Å². The largest absolute Gasteiger partial charge is 0.459 e.